The van der Waals surface area contributed by atoms with E-state index in [-0.39, 0.29) is 0 Å². The van der Waals surface area contributed by atoms with Gasteiger partial charge in [0.2, 0.25) is 0 Å². The average molecular weight is 262 g/mol. The highest BCUT2D eigenvalue weighted by molar-refractivity contribution is 5.29. The van der Waals surface area contributed by atoms with Crippen molar-refractivity contribution in [1.82, 2.24) is 5.43 Å². The maximum atomic E-state index is 5.79. The summed E-state index contributed by atoms with van der Waals surface area (Å²) in [5, 5.41) is 0. The van der Waals surface area contributed by atoms with Gasteiger partial charge in [-0.25, -0.2) is 0 Å². The predicted molar refractivity (Wildman–Crippen MR) is 79.0 cm³/mol. The van der Waals surface area contributed by atoms with E-state index < -0.39 is 0 Å². The van der Waals surface area contributed by atoms with Gasteiger partial charge in [0.05, 0.1) is 7.11 Å². The molecule has 1 aromatic carbocycles. The minimum atomic E-state index is 0.380. The molecule has 0 saturated heterocycles. The number of nitrogens with two attached hydrogens (primary N) is 1. The van der Waals surface area contributed by atoms with E-state index in [1.165, 1.54) is 44.1 Å². The number of rotatable bonds is 5. The van der Waals surface area contributed by atoms with Crippen molar-refractivity contribution >= 4 is 0 Å². The van der Waals surface area contributed by atoms with E-state index in [2.05, 4.69) is 23.6 Å². The Morgan fingerprint density at radius 2 is 2.00 bits per heavy atom. The van der Waals surface area contributed by atoms with Gasteiger partial charge in [0, 0.05) is 6.04 Å². The quantitative estimate of drug-likeness (QED) is 0.487. The van der Waals surface area contributed by atoms with Crippen LogP contribution in [0.1, 0.15) is 44.1 Å². The van der Waals surface area contributed by atoms with Crippen LogP contribution in [0.4, 0.5) is 0 Å². The largest absolute Gasteiger partial charge is 0.497 e. The molecule has 3 heteroatoms. The highest BCUT2D eigenvalue weighted by atomic mass is 16.5. The van der Waals surface area contributed by atoms with Crippen LogP contribution in [-0.2, 0) is 6.42 Å². The molecule has 3 N–H and O–H groups in total. The molecule has 0 bridgehead atoms. The third kappa shape index (κ3) is 4.22. The maximum Gasteiger partial charge on any atom is 0.119 e. The van der Waals surface area contributed by atoms with Gasteiger partial charge in [-0.15, -0.1) is 0 Å². The van der Waals surface area contributed by atoms with Crippen LogP contribution in [0.5, 0.6) is 5.75 Å². The standard InChI is InChI=1S/C16H26N2O/c1-19-15-10-6-7-13(11-15)12-16(18-17)14-8-4-2-3-5-9-14/h6-7,10-11,14,16,18H,2-5,8-9,12,17H2,1H3. The molecule has 2 rings (SSSR count). The number of methoxy groups -OCH3 is 1. The lowest BCUT2D eigenvalue weighted by atomic mass is 9.88. The summed E-state index contributed by atoms with van der Waals surface area (Å²) in [7, 11) is 1.71. The molecule has 0 aliphatic heterocycles. The lowest BCUT2D eigenvalue weighted by Gasteiger charge is -2.25. The molecule has 1 atom stereocenters. The molecule has 0 heterocycles. The van der Waals surface area contributed by atoms with E-state index >= 15 is 0 Å². The van der Waals surface area contributed by atoms with E-state index in [0.717, 1.165) is 12.2 Å². The summed E-state index contributed by atoms with van der Waals surface area (Å²) in [6.07, 6.45) is 9.05. The normalized spacial score (nSPS) is 18.8. The van der Waals surface area contributed by atoms with E-state index in [9.17, 15) is 0 Å². The van der Waals surface area contributed by atoms with Crippen LogP contribution in [0.25, 0.3) is 0 Å². The molecule has 1 aliphatic carbocycles. The van der Waals surface area contributed by atoms with Crippen LogP contribution in [0.3, 0.4) is 0 Å². The summed E-state index contributed by atoms with van der Waals surface area (Å²) in [4.78, 5) is 0. The maximum absolute atomic E-state index is 5.79. The van der Waals surface area contributed by atoms with Crippen LogP contribution < -0.4 is 16.0 Å². The third-order valence-electron chi connectivity index (χ3n) is 4.27. The summed E-state index contributed by atoms with van der Waals surface area (Å²) in [6.45, 7) is 0. The van der Waals surface area contributed by atoms with Crippen molar-refractivity contribution in [1.29, 1.82) is 0 Å². The molecule has 106 valence electrons. The molecule has 0 aromatic heterocycles. The molecule has 1 unspecified atom stereocenters. The second-order valence-electron chi connectivity index (χ2n) is 5.58. The number of benzene rings is 1. The van der Waals surface area contributed by atoms with Gasteiger partial charge in [-0.1, -0.05) is 37.8 Å². The van der Waals surface area contributed by atoms with E-state index in [4.69, 9.17) is 10.6 Å². The lowest BCUT2D eigenvalue weighted by Crippen LogP contribution is -2.42. The molecular weight excluding hydrogens is 236 g/mol. The molecule has 0 spiro atoms. The molecule has 1 saturated carbocycles. The molecule has 0 amide bonds. The Hall–Kier alpha value is -1.06. The first kappa shape index (κ1) is 14.4. The minimum absolute atomic E-state index is 0.380. The smallest absolute Gasteiger partial charge is 0.119 e. The Morgan fingerprint density at radius 3 is 2.63 bits per heavy atom. The zero-order valence-electron chi connectivity index (χ0n) is 11.9. The highest BCUT2D eigenvalue weighted by Crippen LogP contribution is 2.27. The van der Waals surface area contributed by atoms with Crippen LogP contribution in [0.2, 0.25) is 0 Å². The van der Waals surface area contributed by atoms with Gasteiger partial charge in [-0.2, -0.15) is 0 Å². The van der Waals surface area contributed by atoms with E-state index in [1.54, 1.807) is 7.11 Å². The SMILES string of the molecule is COc1cccc(CC(NN)C2CCCCCC2)c1. The summed E-state index contributed by atoms with van der Waals surface area (Å²) >= 11 is 0. The molecule has 0 radical (unpaired) electrons. The van der Waals surface area contributed by atoms with Crippen molar-refractivity contribution in [2.75, 3.05) is 7.11 Å². The molecule has 1 fully saturated rings. The Labute approximate surface area is 116 Å². The second kappa shape index (κ2) is 7.51. The predicted octanol–water partition coefficient (Wildman–Crippen LogP) is 3.04. The first-order valence-corrected chi connectivity index (χ1v) is 7.42. The van der Waals surface area contributed by atoms with E-state index in [0.29, 0.717) is 12.0 Å². The van der Waals surface area contributed by atoms with E-state index in [1.807, 2.05) is 6.07 Å². The number of hydrogen-bond donors (Lipinski definition) is 2. The van der Waals surface area contributed by atoms with Crippen LogP contribution in [-0.4, -0.2) is 13.2 Å². The van der Waals surface area contributed by atoms with Crippen molar-refractivity contribution < 1.29 is 4.74 Å². The van der Waals surface area contributed by atoms with Crippen LogP contribution in [0.15, 0.2) is 24.3 Å². The Morgan fingerprint density at radius 1 is 1.26 bits per heavy atom. The Kier molecular flexibility index (Phi) is 5.67. The monoisotopic (exact) mass is 262 g/mol. The Bertz CT molecular complexity index is 373. The fourth-order valence-corrected chi connectivity index (χ4v) is 3.13. The van der Waals surface area contributed by atoms with Gasteiger partial charge in [0.25, 0.3) is 0 Å². The van der Waals surface area contributed by atoms with Crippen LogP contribution >= 0.6 is 0 Å². The van der Waals surface area contributed by atoms with Crippen molar-refractivity contribution in [2.24, 2.45) is 11.8 Å². The average Bonchev–Trinajstić information content (AvgIpc) is 2.74. The van der Waals surface area contributed by atoms with Gasteiger partial charge in [0.15, 0.2) is 0 Å². The van der Waals surface area contributed by atoms with Crippen molar-refractivity contribution in [2.45, 2.75) is 51.0 Å². The zero-order chi connectivity index (χ0) is 13.5. The highest BCUT2D eigenvalue weighted by Gasteiger charge is 2.22. The third-order valence-corrected chi connectivity index (χ3v) is 4.27. The fourth-order valence-electron chi connectivity index (χ4n) is 3.13. The summed E-state index contributed by atoms with van der Waals surface area (Å²) in [5.74, 6) is 7.42. The van der Waals surface area contributed by atoms with Gasteiger partial charge in [0.1, 0.15) is 5.75 Å². The summed E-state index contributed by atoms with van der Waals surface area (Å²) in [6, 6.07) is 8.68. The number of hydrogen-bond acceptors (Lipinski definition) is 3. The molecular formula is C16H26N2O. The molecule has 19 heavy (non-hydrogen) atoms. The summed E-state index contributed by atoms with van der Waals surface area (Å²) < 4.78 is 5.28. The van der Waals surface area contributed by atoms with Gasteiger partial charge < -0.3 is 4.74 Å². The fraction of sp³-hybridized carbons (Fsp3) is 0.625. The molecule has 1 aromatic rings. The zero-order valence-corrected chi connectivity index (χ0v) is 11.9. The number of ether oxygens (including phenoxy) is 1. The van der Waals surface area contributed by atoms with Gasteiger partial charge in [-0.05, 0) is 42.9 Å². The van der Waals surface area contributed by atoms with Gasteiger partial charge >= 0.3 is 0 Å². The lowest BCUT2D eigenvalue weighted by molar-refractivity contribution is 0.320. The van der Waals surface area contributed by atoms with Crippen molar-refractivity contribution in [3.63, 3.8) is 0 Å². The topological polar surface area (TPSA) is 47.3 Å². The Balaban J connectivity index is 2.00. The van der Waals surface area contributed by atoms with Crippen molar-refractivity contribution in [3.8, 4) is 5.75 Å². The van der Waals surface area contributed by atoms with Crippen molar-refractivity contribution in [3.05, 3.63) is 29.8 Å². The summed E-state index contributed by atoms with van der Waals surface area (Å²) in [5.41, 5.74) is 4.34. The number of nitrogens with one attached hydrogen (secondary N) is 1. The van der Waals surface area contributed by atoms with Crippen LogP contribution in [0, 0.1) is 5.92 Å². The number of hydrazine groups is 1. The minimum Gasteiger partial charge on any atom is -0.497 e. The molecule has 3 nitrogen and oxygen atoms in total. The first-order chi connectivity index (χ1) is 9.33. The molecule has 1 aliphatic rings. The van der Waals surface area contributed by atoms with Gasteiger partial charge in [-0.3, -0.25) is 11.3 Å². The second-order valence-corrected chi connectivity index (χ2v) is 5.58. The first-order valence-electron chi connectivity index (χ1n) is 7.42.